The molecule has 0 radical (unpaired) electrons. The number of aliphatic hydroxyl groups is 1. The normalized spacial score (nSPS) is 12.2. The minimum Gasteiger partial charge on any atom is -0.394 e. The van der Waals surface area contributed by atoms with Gasteiger partial charge in [0.15, 0.2) is 0 Å². The lowest BCUT2D eigenvalue weighted by Gasteiger charge is -2.15. The molecule has 1 amide bonds. The van der Waals surface area contributed by atoms with Gasteiger partial charge in [0.05, 0.1) is 23.0 Å². The topological polar surface area (TPSA) is 80.0 Å². The number of hydrogen-bond acceptors (Lipinski definition) is 4. The third kappa shape index (κ3) is 4.40. The molecule has 0 aliphatic carbocycles. The van der Waals surface area contributed by atoms with Crippen molar-refractivity contribution in [2.75, 3.05) is 6.61 Å². The third-order valence-electron chi connectivity index (χ3n) is 4.32. The van der Waals surface area contributed by atoms with Gasteiger partial charge in [-0.05, 0) is 57.2 Å². The van der Waals surface area contributed by atoms with Crippen molar-refractivity contribution in [1.82, 2.24) is 20.1 Å². The van der Waals surface area contributed by atoms with Gasteiger partial charge in [0.2, 0.25) is 0 Å². The third-order valence-corrected chi connectivity index (χ3v) is 4.55. The van der Waals surface area contributed by atoms with Crippen molar-refractivity contribution in [2.45, 2.75) is 32.9 Å². The Morgan fingerprint density at radius 2 is 1.93 bits per heavy atom. The number of amides is 1. The van der Waals surface area contributed by atoms with Gasteiger partial charge in [-0.15, -0.1) is 0 Å². The van der Waals surface area contributed by atoms with Crippen LogP contribution in [0.15, 0.2) is 48.8 Å². The van der Waals surface area contributed by atoms with Crippen LogP contribution in [-0.2, 0) is 0 Å². The number of aromatic nitrogens is 3. The van der Waals surface area contributed by atoms with Crippen LogP contribution >= 0.6 is 11.6 Å². The maximum absolute atomic E-state index is 12.7. The van der Waals surface area contributed by atoms with Gasteiger partial charge < -0.3 is 10.4 Å². The van der Waals surface area contributed by atoms with Crippen molar-refractivity contribution in [3.63, 3.8) is 0 Å². The van der Waals surface area contributed by atoms with E-state index in [1.807, 2.05) is 28.9 Å². The second-order valence-electron chi connectivity index (χ2n) is 6.97. The number of rotatable bonds is 6. The van der Waals surface area contributed by atoms with Crippen molar-refractivity contribution in [1.29, 1.82) is 0 Å². The Bertz CT molecular complexity index is 967. The van der Waals surface area contributed by atoms with Crippen LogP contribution in [-0.4, -0.2) is 38.4 Å². The first-order valence-electron chi connectivity index (χ1n) is 9.11. The van der Waals surface area contributed by atoms with Gasteiger partial charge in [-0.2, -0.15) is 5.10 Å². The Kier molecular flexibility index (Phi) is 6.11. The van der Waals surface area contributed by atoms with Crippen LogP contribution < -0.4 is 5.32 Å². The average molecular weight is 399 g/mol. The quantitative estimate of drug-likeness (QED) is 0.658. The molecule has 28 heavy (non-hydrogen) atoms. The number of halogens is 1. The highest BCUT2D eigenvalue weighted by Gasteiger charge is 2.16. The lowest BCUT2D eigenvalue weighted by molar-refractivity contribution is 0.0922. The number of pyridine rings is 1. The van der Waals surface area contributed by atoms with Crippen molar-refractivity contribution in [3.8, 4) is 22.5 Å². The lowest BCUT2D eigenvalue weighted by Crippen LogP contribution is -2.35. The Labute approximate surface area is 169 Å². The van der Waals surface area contributed by atoms with Crippen molar-refractivity contribution >= 4 is 17.5 Å². The minimum atomic E-state index is -0.338. The van der Waals surface area contributed by atoms with Gasteiger partial charge in [0.1, 0.15) is 0 Å². The molecule has 0 spiro atoms. The van der Waals surface area contributed by atoms with Crippen molar-refractivity contribution in [3.05, 3.63) is 59.4 Å². The van der Waals surface area contributed by atoms with Gasteiger partial charge >= 0.3 is 0 Å². The molecule has 0 saturated heterocycles. The summed E-state index contributed by atoms with van der Waals surface area (Å²) in [5.74, 6) is -0.255. The molecular weight excluding hydrogens is 376 g/mol. The first-order valence-corrected chi connectivity index (χ1v) is 9.49. The molecule has 2 heterocycles. The fourth-order valence-electron chi connectivity index (χ4n) is 2.91. The van der Waals surface area contributed by atoms with Crippen LogP contribution in [0.25, 0.3) is 22.5 Å². The standard InChI is InChI=1S/C21H23ClN4O2/c1-13(2)26-20(6-7-24-26)16-8-15(19-5-4-18(22)11-23-19)9-17(10-16)21(28)25-14(3)12-27/h4-11,13-14,27H,12H2,1-3H3,(H,25,28). The van der Waals surface area contributed by atoms with E-state index in [0.29, 0.717) is 16.3 Å². The molecular formula is C21H23ClN4O2. The van der Waals surface area contributed by atoms with E-state index in [4.69, 9.17) is 11.6 Å². The zero-order valence-electron chi connectivity index (χ0n) is 16.1. The van der Waals surface area contributed by atoms with Crippen LogP contribution in [0.3, 0.4) is 0 Å². The molecule has 0 fully saturated rings. The summed E-state index contributed by atoms with van der Waals surface area (Å²) in [5.41, 5.74) is 3.77. The summed E-state index contributed by atoms with van der Waals surface area (Å²) in [4.78, 5) is 17.1. The molecule has 0 aliphatic heterocycles. The molecule has 3 aromatic rings. The second-order valence-corrected chi connectivity index (χ2v) is 7.41. The second kappa shape index (κ2) is 8.54. The summed E-state index contributed by atoms with van der Waals surface area (Å²) in [6.07, 6.45) is 3.33. The highest BCUT2D eigenvalue weighted by Crippen LogP contribution is 2.29. The number of benzene rings is 1. The van der Waals surface area contributed by atoms with E-state index in [-0.39, 0.29) is 24.6 Å². The van der Waals surface area contributed by atoms with Gasteiger partial charge in [-0.25, -0.2) is 0 Å². The predicted octanol–water partition coefficient (Wildman–Crippen LogP) is 3.96. The minimum absolute atomic E-state index is 0.128. The lowest BCUT2D eigenvalue weighted by atomic mass is 10.00. The number of carbonyl (C=O) groups is 1. The Balaban J connectivity index is 2.12. The predicted molar refractivity (Wildman–Crippen MR) is 110 cm³/mol. The number of nitrogens with zero attached hydrogens (tertiary/aromatic N) is 3. The maximum Gasteiger partial charge on any atom is 0.251 e. The molecule has 2 N–H and O–H groups in total. The van der Waals surface area contributed by atoms with E-state index < -0.39 is 0 Å². The van der Waals surface area contributed by atoms with E-state index in [2.05, 4.69) is 29.2 Å². The molecule has 0 bridgehead atoms. The van der Waals surface area contributed by atoms with Crippen LogP contribution in [0.1, 0.15) is 37.2 Å². The van der Waals surface area contributed by atoms with Gasteiger partial charge in [-0.3, -0.25) is 14.5 Å². The fourth-order valence-corrected chi connectivity index (χ4v) is 3.02. The number of carbonyl (C=O) groups excluding carboxylic acids is 1. The molecule has 2 aromatic heterocycles. The van der Waals surface area contributed by atoms with E-state index in [1.54, 1.807) is 31.5 Å². The van der Waals surface area contributed by atoms with Crippen LogP contribution in [0.5, 0.6) is 0 Å². The first-order chi connectivity index (χ1) is 13.4. The van der Waals surface area contributed by atoms with Gasteiger partial charge in [0.25, 0.3) is 5.91 Å². The summed E-state index contributed by atoms with van der Waals surface area (Å²) >= 11 is 5.96. The van der Waals surface area contributed by atoms with E-state index in [1.165, 1.54) is 0 Å². The molecule has 3 rings (SSSR count). The van der Waals surface area contributed by atoms with Crippen LogP contribution in [0, 0.1) is 0 Å². The highest BCUT2D eigenvalue weighted by atomic mass is 35.5. The SMILES string of the molecule is CC(CO)NC(=O)c1cc(-c2ccc(Cl)cn2)cc(-c2ccnn2C(C)C)c1. The maximum atomic E-state index is 12.7. The number of hydrogen-bond donors (Lipinski definition) is 2. The molecule has 1 unspecified atom stereocenters. The first kappa shape index (κ1) is 20.0. The van der Waals surface area contributed by atoms with Crippen molar-refractivity contribution in [2.24, 2.45) is 0 Å². The van der Waals surface area contributed by atoms with Crippen LogP contribution in [0.4, 0.5) is 0 Å². The molecule has 6 nitrogen and oxygen atoms in total. The van der Waals surface area contributed by atoms with E-state index in [9.17, 15) is 9.90 Å². The summed E-state index contributed by atoms with van der Waals surface area (Å²) in [7, 11) is 0. The summed E-state index contributed by atoms with van der Waals surface area (Å²) in [6.45, 7) is 5.73. The number of nitrogens with one attached hydrogen (secondary N) is 1. The Hall–Kier alpha value is -2.70. The Morgan fingerprint density at radius 3 is 2.57 bits per heavy atom. The summed E-state index contributed by atoms with van der Waals surface area (Å²) < 4.78 is 1.91. The molecule has 0 saturated carbocycles. The van der Waals surface area contributed by atoms with Crippen LogP contribution in [0.2, 0.25) is 5.02 Å². The summed E-state index contributed by atoms with van der Waals surface area (Å²) in [6, 6.07) is 10.9. The largest absolute Gasteiger partial charge is 0.394 e. The van der Waals surface area contributed by atoms with Gasteiger partial charge in [-0.1, -0.05) is 11.6 Å². The highest BCUT2D eigenvalue weighted by molar-refractivity contribution is 6.30. The van der Waals surface area contributed by atoms with E-state index >= 15 is 0 Å². The Morgan fingerprint density at radius 1 is 1.18 bits per heavy atom. The summed E-state index contributed by atoms with van der Waals surface area (Å²) in [5, 5.41) is 17.0. The monoisotopic (exact) mass is 398 g/mol. The van der Waals surface area contributed by atoms with Gasteiger partial charge in [0, 0.05) is 41.2 Å². The fraction of sp³-hybridized carbons (Fsp3) is 0.286. The molecule has 7 heteroatoms. The smallest absolute Gasteiger partial charge is 0.251 e. The molecule has 1 aromatic carbocycles. The molecule has 146 valence electrons. The van der Waals surface area contributed by atoms with Crippen molar-refractivity contribution < 1.29 is 9.90 Å². The zero-order valence-corrected chi connectivity index (χ0v) is 16.8. The van der Waals surface area contributed by atoms with E-state index in [0.717, 1.165) is 16.8 Å². The number of aliphatic hydroxyl groups excluding tert-OH is 1. The molecule has 0 aliphatic rings. The average Bonchev–Trinajstić information content (AvgIpc) is 3.18. The molecule has 1 atom stereocenters. The zero-order chi connectivity index (χ0) is 20.3.